The van der Waals surface area contributed by atoms with E-state index in [1.54, 1.807) is 11.8 Å². The minimum atomic E-state index is -0.772. The van der Waals surface area contributed by atoms with Gasteiger partial charge in [0.2, 0.25) is 0 Å². The zero-order valence-electron chi connectivity index (χ0n) is 15.4. The molecule has 27 heavy (non-hydrogen) atoms. The smallest absolute Gasteiger partial charge is 0.317 e. The minimum absolute atomic E-state index is 0.0958. The Kier molecular flexibility index (Phi) is 4.98. The summed E-state index contributed by atoms with van der Waals surface area (Å²) >= 11 is 1.71. The van der Waals surface area contributed by atoms with E-state index in [9.17, 15) is 4.79 Å². The first-order valence-corrected chi connectivity index (χ1v) is 10.4. The van der Waals surface area contributed by atoms with Gasteiger partial charge in [0.25, 0.3) is 0 Å². The number of hydrogen-bond acceptors (Lipinski definition) is 4. The van der Waals surface area contributed by atoms with Gasteiger partial charge in [0, 0.05) is 36.4 Å². The molecule has 5 heteroatoms. The summed E-state index contributed by atoms with van der Waals surface area (Å²) in [6, 6.07) is 16.8. The Bertz CT molecular complexity index is 870. The monoisotopic (exact) mass is 381 g/mol. The van der Waals surface area contributed by atoms with Crippen LogP contribution in [0.4, 0.5) is 0 Å². The largest absolute Gasteiger partial charge is 0.482 e. The number of piperidine rings is 1. The Balaban J connectivity index is 1.71. The maximum Gasteiger partial charge on any atom is 0.317 e. The van der Waals surface area contributed by atoms with Crippen LogP contribution < -0.4 is 4.74 Å². The third kappa shape index (κ3) is 3.75. The van der Waals surface area contributed by atoms with E-state index in [1.807, 2.05) is 11.0 Å². The summed E-state index contributed by atoms with van der Waals surface area (Å²) in [5, 5.41) is 9.06. The highest BCUT2D eigenvalue weighted by molar-refractivity contribution is 7.98. The van der Waals surface area contributed by atoms with Gasteiger partial charge in [-0.05, 0) is 41.7 Å². The van der Waals surface area contributed by atoms with Crippen molar-refractivity contribution in [3.05, 3.63) is 65.7 Å². The average molecular weight is 381 g/mol. The molecule has 0 aromatic heterocycles. The van der Waals surface area contributed by atoms with E-state index >= 15 is 0 Å². The fraction of sp³-hybridized carbons (Fsp3) is 0.318. The average Bonchev–Trinajstić information content (AvgIpc) is 2.69. The van der Waals surface area contributed by atoms with Gasteiger partial charge >= 0.3 is 5.97 Å². The molecule has 0 amide bonds. The molecule has 0 aliphatic carbocycles. The van der Waals surface area contributed by atoms with Crippen LogP contribution >= 0.6 is 11.8 Å². The molecule has 2 aliphatic heterocycles. The van der Waals surface area contributed by atoms with Gasteiger partial charge in [0.15, 0.2) is 0 Å². The molecule has 0 saturated carbocycles. The summed E-state index contributed by atoms with van der Waals surface area (Å²) in [6.07, 6.45) is 5.92. The molecule has 1 fully saturated rings. The lowest BCUT2D eigenvalue weighted by Gasteiger charge is -2.43. The van der Waals surface area contributed by atoms with Gasteiger partial charge in [-0.15, -0.1) is 11.8 Å². The number of carbonyl (C=O) groups is 1. The van der Waals surface area contributed by atoms with Crippen LogP contribution in [-0.4, -0.2) is 47.5 Å². The van der Waals surface area contributed by atoms with Crippen molar-refractivity contribution in [1.82, 2.24) is 4.90 Å². The molecular weight excluding hydrogens is 358 g/mol. The lowest BCUT2D eigenvalue weighted by atomic mass is 9.83. The maximum atomic E-state index is 11.0. The van der Waals surface area contributed by atoms with Gasteiger partial charge in [0.05, 0.1) is 6.54 Å². The second kappa shape index (κ2) is 7.41. The number of benzene rings is 2. The van der Waals surface area contributed by atoms with Crippen LogP contribution in [0.15, 0.2) is 59.5 Å². The van der Waals surface area contributed by atoms with Crippen molar-refractivity contribution in [1.29, 1.82) is 0 Å². The molecule has 4 rings (SSSR count). The number of aliphatic carboxylic acids is 1. The fourth-order valence-electron chi connectivity index (χ4n) is 3.91. The van der Waals surface area contributed by atoms with Crippen LogP contribution in [-0.2, 0) is 4.79 Å². The van der Waals surface area contributed by atoms with Gasteiger partial charge < -0.3 is 9.84 Å². The number of ether oxygens (including phenoxy) is 1. The Hall–Kier alpha value is -2.24. The zero-order chi connectivity index (χ0) is 18.9. The highest BCUT2D eigenvalue weighted by Crippen LogP contribution is 2.44. The normalized spacial score (nSPS) is 18.5. The molecule has 140 valence electrons. The number of fused-ring (bicyclic) bond motifs is 1. The van der Waals surface area contributed by atoms with Crippen molar-refractivity contribution in [2.45, 2.75) is 23.3 Å². The van der Waals surface area contributed by atoms with Gasteiger partial charge in [-0.25, -0.2) is 0 Å². The standard InChI is InChI=1S/C22H23NO3S/c1-27-17-7-8-18-19(16-5-3-2-4-6-16)14-22(26-20(18)13-17)9-11-23(12-10-22)15-21(24)25/h2-8,13-14H,9-12,15H2,1H3,(H,24,25). The molecule has 2 aromatic carbocycles. The number of nitrogens with zero attached hydrogens (tertiary/aromatic N) is 1. The predicted octanol–water partition coefficient (Wildman–Crippen LogP) is 4.15. The SMILES string of the molecule is CSc1ccc2c(c1)OC1(C=C2c2ccccc2)CCN(CC(=O)O)CC1. The first-order valence-electron chi connectivity index (χ1n) is 9.18. The van der Waals surface area contributed by atoms with Gasteiger partial charge in [-0.3, -0.25) is 9.69 Å². The Morgan fingerprint density at radius 3 is 2.59 bits per heavy atom. The van der Waals surface area contributed by atoms with Crippen LogP contribution in [0, 0.1) is 0 Å². The van der Waals surface area contributed by atoms with Crippen molar-refractivity contribution in [2.24, 2.45) is 0 Å². The molecular formula is C22H23NO3S. The first kappa shape index (κ1) is 18.1. The van der Waals surface area contributed by atoms with Crippen LogP contribution in [0.25, 0.3) is 5.57 Å². The minimum Gasteiger partial charge on any atom is -0.482 e. The molecule has 0 unspecified atom stereocenters. The number of thioether (sulfide) groups is 1. The van der Waals surface area contributed by atoms with Crippen molar-refractivity contribution < 1.29 is 14.6 Å². The Labute approximate surface area is 163 Å². The van der Waals surface area contributed by atoms with E-state index in [2.05, 4.69) is 54.8 Å². The predicted molar refractivity (Wildman–Crippen MR) is 108 cm³/mol. The van der Waals surface area contributed by atoms with E-state index in [0.29, 0.717) is 0 Å². The molecule has 2 aromatic rings. The number of likely N-dealkylation sites (tertiary alicyclic amines) is 1. The van der Waals surface area contributed by atoms with Crippen molar-refractivity contribution in [3.8, 4) is 5.75 Å². The number of carboxylic acids is 1. The zero-order valence-corrected chi connectivity index (χ0v) is 16.2. The van der Waals surface area contributed by atoms with E-state index in [4.69, 9.17) is 9.84 Å². The summed E-state index contributed by atoms with van der Waals surface area (Å²) in [6.45, 7) is 1.55. The van der Waals surface area contributed by atoms with E-state index in [-0.39, 0.29) is 12.1 Å². The molecule has 2 aliphatic rings. The highest BCUT2D eigenvalue weighted by Gasteiger charge is 2.39. The molecule has 1 N–H and O–H groups in total. The van der Waals surface area contributed by atoms with Crippen LogP contribution in [0.5, 0.6) is 5.75 Å². The quantitative estimate of drug-likeness (QED) is 0.806. The molecule has 0 atom stereocenters. The summed E-state index contributed by atoms with van der Waals surface area (Å²) in [7, 11) is 0. The number of hydrogen-bond donors (Lipinski definition) is 1. The van der Waals surface area contributed by atoms with E-state index < -0.39 is 5.97 Å². The lowest BCUT2D eigenvalue weighted by Crippen LogP contribution is -2.49. The van der Waals surface area contributed by atoms with E-state index in [0.717, 1.165) is 37.2 Å². The topological polar surface area (TPSA) is 49.8 Å². The number of carboxylic acid groups (broad SMARTS) is 1. The molecule has 2 heterocycles. The molecule has 1 spiro atoms. The summed E-state index contributed by atoms with van der Waals surface area (Å²) < 4.78 is 6.54. The van der Waals surface area contributed by atoms with Crippen LogP contribution in [0.1, 0.15) is 24.0 Å². The summed E-state index contributed by atoms with van der Waals surface area (Å²) in [4.78, 5) is 14.2. The maximum absolute atomic E-state index is 11.0. The molecule has 0 bridgehead atoms. The molecule has 4 nitrogen and oxygen atoms in total. The fourth-order valence-corrected chi connectivity index (χ4v) is 4.34. The third-order valence-corrected chi connectivity index (χ3v) is 6.07. The van der Waals surface area contributed by atoms with Crippen LogP contribution in [0.2, 0.25) is 0 Å². The third-order valence-electron chi connectivity index (χ3n) is 5.35. The highest BCUT2D eigenvalue weighted by atomic mass is 32.2. The summed E-state index contributed by atoms with van der Waals surface area (Å²) in [5.41, 5.74) is 3.14. The Morgan fingerprint density at radius 2 is 1.93 bits per heavy atom. The van der Waals surface area contributed by atoms with Gasteiger partial charge in [-0.2, -0.15) is 0 Å². The van der Waals surface area contributed by atoms with Crippen molar-refractivity contribution in [3.63, 3.8) is 0 Å². The van der Waals surface area contributed by atoms with E-state index in [1.165, 1.54) is 16.0 Å². The Morgan fingerprint density at radius 1 is 1.19 bits per heavy atom. The molecule has 1 saturated heterocycles. The van der Waals surface area contributed by atoms with Crippen LogP contribution in [0.3, 0.4) is 0 Å². The second-order valence-corrected chi connectivity index (χ2v) is 8.00. The first-order chi connectivity index (χ1) is 13.1. The van der Waals surface area contributed by atoms with Gasteiger partial charge in [0.1, 0.15) is 11.4 Å². The molecule has 0 radical (unpaired) electrons. The van der Waals surface area contributed by atoms with Gasteiger partial charge in [-0.1, -0.05) is 30.3 Å². The van der Waals surface area contributed by atoms with Crippen molar-refractivity contribution in [2.75, 3.05) is 25.9 Å². The summed E-state index contributed by atoms with van der Waals surface area (Å²) in [5.74, 6) is 0.154. The van der Waals surface area contributed by atoms with Crippen molar-refractivity contribution >= 4 is 23.3 Å². The second-order valence-electron chi connectivity index (χ2n) is 7.12. The number of rotatable bonds is 4. The lowest BCUT2D eigenvalue weighted by molar-refractivity contribution is -0.139.